The highest BCUT2D eigenvalue weighted by Gasteiger charge is 2.35. The van der Waals surface area contributed by atoms with Gasteiger partial charge in [-0.05, 0) is 33.0 Å². The van der Waals surface area contributed by atoms with Crippen molar-refractivity contribution in [2.75, 3.05) is 32.1 Å². The summed E-state index contributed by atoms with van der Waals surface area (Å²) in [5.74, 6) is -3.03. The van der Waals surface area contributed by atoms with Crippen molar-refractivity contribution < 1.29 is 18.7 Å². The van der Waals surface area contributed by atoms with Crippen LogP contribution in [0.1, 0.15) is 29.2 Å². The van der Waals surface area contributed by atoms with Gasteiger partial charge >= 0.3 is 5.97 Å². The second-order valence-electron chi connectivity index (χ2n) is 7.26. The average molecular weight is 363 g/mol. The first-order valence-electron chi connectivity index (χ1n) is 8.51. The highest BCUT2D eigenvalue weighted by molar-refractivity contribution is 5.94. The van der Waals surface area contributed by atoms with Crippen LogP contribution in [0.5, 0.6) is 0 Å². The van der Waals surface area contributed by atoms with E-state index in [2.05, 4.69) is 0 Å². The van der Waals surface area contributed by atoms with Crippen LogP contribution in [0.2, 0.25) is 0 Å². The van der Waals surface area contributed by atoms with E-state index >= 15 is 4.39 Å². The molecule has 0 amide bonds. The number of aromatic nitrogens is 1. The largest absolute Gasteiger partial charge is 0.477 e. The van der Waals surface area contributed by atoms with Crippen molar-refractivity contribution in [1.29, 1.82) is 0 Å². The lowest BCUT2D eigenvalue weighted by Crippen LogP contribution is -2.58. The van der Waals surface area contributed by atoms with E-state index in [1.807, 2.05) is 19.0 Å². The molecule has 2 aliphatic rings. The smallest absolute Gasteiger partial charge is 0.341 e. The summed E-state index contributed by atoms with van der Waals surface area (Å²) in [5, 5.41) is 9.03. The van der Waals surface area contributed by atoms with Gasteiger partial charge in [0.1, 0.15) is 17.1 Å². The third-order valence-electron chi connectivity index (χ3n) is 5.26. The minimum absolute atomic E-state index is 0.00722. The van der Waals surface area contributed by atoms with Gasteiger partial charge in [-0.1, -0.05) is 0 Å². The van der Waals surface area contributed by atoms with Gasteiger partial charge in [0.05, 0.1) is 10.9 Å². The number of nitrogens with zero attached hydrogens (tertiary/aromatic N) is 3. The fourth-order valence-electron chi connectivity index (χ4n) is 3.48. The molecule has 138 valence electrons. The van der Waals surface area contributed by atoms with E-state index in [4.69, 9.17) is 0 Å². The molecule has 1 saturated carbocycles. The molecule has 6 nitrogen and oxygen atoms in total. The van der Waals surface area contributed by atoms with Gasteiger partial charge in [0.2, 0.25) is 5.43 Å². The van der Waals surface area contributed by atoms with Crippen LogP contribution in [0.15, 0.2) is 17.1 Å². The van der Waals surface area contributed by atoms with Crippen molar-refractivity contribution in [2.24, 2.45) is 0 Å². The number of fused-ring (bicyclic) bond motifs is 1. The zero-order valence-electron chi connectivity index (χ0n) is 14.5. The molecule has 1 aliphatic carbocycles. The maximum Gasteiger partial charge on any atom is 0.341 e. The molecule has 1 aromatic carbocycles. The maximum absolute atomic E-state index is 15.3. The van der Waals surface area contributed by atoms with Crippen molar-refractivity contribution in [2.45, 2.75) is 24.9 Å². The number of hydrogen-bond donors (Lipinski definition) is 1. The molecule has 2 fully saturated rings. The molecule has 0 unspecified atom stereocenters. The third kappa shape index (κ3) is 2.47. The highest BCUT2D eigenvalue weighted by atomic mass is 19.1. The van der Waals surface area contributed by atoms with E-state index < -0.39 is 28.6 Å². The SMILES string of the molecule is CN(C)C1CN(c2c(F)cc3c(=O)c(C(=O)O)cn(C4CC4)c3c2F)C1. The summed E-state index contributed by atoms with van der Waals surface area (Å²) in [6, 6.07) is 1.13. The number of pyridine rings is 1. The highest BCUT2D eigenvalue weighted by Crippen LogP contribution is 2.40. The lowest BCUT2D eigenvalue weighted by Gasteiger charge is -2.44. The Morgan fingerprint density at radius 1 is 1.27 bits per heavy atom. The Morgan fingerprint density at radius 3 is 2.46 bits per heavy atom. The van der Waals surface area contributed by atoms with Crippen molar-refractivity contribution in [1.82, 2.24) is 9.47 Å². The summed E-state index contributed by atoms with van der Waals surface area (Å²) in [7, 11) is 3.82. The summed E-state index contributed by atoms with van der Waals surface area (Å²) >= 11 is 0. The lowest BCUT2D eigenvalue weighted by molar-refractivity contribution is 0.0695. The molecule has 8 heteroatoms. The maximum atomic E-state index is 15.3. The lowest BCUT2D eigenvalue weighted by atomic mass is 10.0. The Balaban J connectivity index is 1.92. The topological polar surface area (TPSA) is 65.8 Å². The fraction of sp³-hybridized carbons (Fsp3) is 0.444. The fourth-order valence-corrected chi connectivity index (χ4v) is 3.48. The van der Waals surface area contributed by atoms with Crippen LogP contribution in [0.3, 0.4) is 0 Å². The Morgan fingerprint density at radius 2 is 1.92 bits per heavy atom. The Bertz CT molecular complexity index is 976. The molecule has 0 radical (unpaired) electrons. The number of carboxylic acids is 1. The number of benzene rings is 1. The van der Waals surface area contributed by atoms with Crippen LogP contribution in [0, 0.1) is 11.6 Å². The van der Waals surface area contributed by atoms with E-state index in [1.165, 1.54) is 10.8 Å². The number of rotatable bonds is 4. The second kappa shape index (κ2) is 5.77. The first kappa shape index (κ1) is 17.0. The molecule has 26 heavy (non-hydrogen) atoms. The van der Waals surface area contributed by atoms with Crippen LogP contribution in [-0.2, 0) is 0 Å². The summed E-state index contributed by atoms with van der Waals surface area (Å²) in [6.07, 6.45) is 2.74. The molecule has 2 aromatic rings. The van der Waals surface area contributed by atoms with Gasteiger partial charge in [-0.15, -0.1) is 0 Å². The average Bonchev–Trinajstić information content (AvgIpc) is 3.34. The molecule has 1 N–H and O–H groups in total. The molecule has 0 atom stereocenters. The van der Waals surface area contributed by atoms with Gasteiger partial charge in [-0.3, -0.25) is 4.79 Å². The van der Waals surface area contributed by atoms with Gasteiger partial charge < -0.3 is 19.5 Å². The zero-order valence-corrected chi connectivity index (χ0v) is 14.5. The van der Waals surface area contributed by atoms with E-state index in [1.54, 1.807) is 4.90 Å². The zero-order chi connectivity index (χ0) is 18.7. The van der Waals surface area contributed by atoms with E-state index in [-0.39, 0.29) is 28.7 Å². The van der Waals surface area contributed by atoms with E-state index in [0.717, 1.165) is 18.9 Å². The minimum atomic E-state index is -1.40. The Labute approximate surface area is 148 Å². The number of aromatic carboxylic acids is 1. The van der Waals surface area contributed by atoms with E-state index in [0.29, 0.717) is 13.1 Å². The van der Waals surface area contributed by atoms with Gasteiger partial charge in [0, 0.05) is 31.4 Å². The molecule has 1 aliphatic heterocycles. The summed E-state index contributed by atoms with van der Waals surface area (Å²) < 4.78 is 31.4. The Hall–Kier alpha value is -2.48. The number of anilines is 1. The first-order chi connectivity index (χ1) is 12.3. The van der Waals surface area contributed by atoms with Crippen LogP contribution >= 0.6 is 0 Å². The van der Waals surface area contributed by atoms with Crippen molar-refractivity contribution >= 4 is 22.6 Å². The molecule has 2 heterocycles. The number of carbonyl (C=O) groups is 1. The van der Waals surface area contributed by atoms with Crippen LogP contribution in [0.4, 0.5) is 14.5 Å². The summed E-state index contributed by atoms with van der Waals surface area (Å²) in [6.45, 7) is 0.987. The third-order valence-corrected chi connectivity index (χ3v) is 5.26. The molecule has 1 aromatic heterocycles. The first-order valence-corrected chi connectivity index (χ1v) is 8.51. The standard InChI is InChI=1S/C18H19F2N3O3/c1-21(2)10-6-22(7-10)16-13(19)5-11-15(14(16)20)23(9-3-4-9)8-12(17(11)24)18(25)26/h5,8-10H,3-4,6-7H2,1-2H3,(H,25,26). The predicted molar refractivity (Wildman–Crippen MR) is 93.0 cm³/mol. The quantitative estimate of drug-likeness (QED) is 0.901. The molecule has 0 bridgehead atoms. The van der Waals surface area contributed by atoms with Gasteiger partial charge in [-0.25, -0.2) is 13.6 Å². The van der Waals surface area contributed by atoms with Crippen molar-refractivity contribution in [3.8, 4) is 0 Å². The van der Waals surface area contributed by atoms with E-state index in [9.17, 15) is 19.1 Å². The molecular formula is C18H19F2N3O3. The van der Waals surface area contributed by atoms with Crippen LogP contribution < -0.4 is 10.3 Å². The van der Waals surface area contributed by atoms with Crippen molar-refractivity contribution in [3.05, 3.63) is 39.7 Å². The monoisotopic (exact) mass is 363 g/mol. The minimum Gasteiger partial charge on any atom is -0.477 e. The number of hydrogen-bond acceptors (Lipinski definition) is 4. The van der Waals surface area contributed by atoms with Crippen LogP contribution in [0.25, 0.3) is 10.9 Å². The predicted octanol–water partition coefficient (Wildman–Crippen LogP) is 2.06. The van der Waals surface area contributed by atoms with Gasteiger partial charge in [0.15, 0.2) is 5.82 Å². The van der Waals surface area contributed by atoms with Crippen molar-refractivity contribution in [3.63, 3.8) is 0 Å². The summed E-state index contributed by atoms with van der Waals surface area (Å²) in [4.78, 5) is 27.4. The number of halogens is 2. The number of likely N-dealkylation sites (N-methyl/N-ethyl adjacent to an activating group) is 1. The van der Waals surface area contributed by atoms with Gasteiger partial charge in [-0.2, -0.15) is 0 Å². The molecular weight excluding hydrogens is 344 g/mol. The van der Waals surface area contributed by atoms with Gasteiger partial charge in [0.25, 0.3) is 0 Å². The summed E-state index contributed by atoms with van der Waals surface area (Å²) in [5.41, 5.74) is -1.48. The molecule has 0 spiro atoms. The molecule has 4 rings (SSSR count). The molecule has 1 saturated heterocycles. The number of carboxylic acid groups (broad SMARTS) is 1. The van der Waals surface area contributed by atoms with Crippen LogP contribution in [-0.4, -0.2) is 53.8 Å². The second-order valence-corrected chi connectivity index (χ2v) is 7.26. The normalized spacial score (nSPS) is 17.8. The Kier molecular flexibility index (Phi) is 3.76.